The third kappa shape index (κ3) is 3.43. The molecule has 2 unspecified atom stereocenters. The number of hydrogen-bond acceptors (Lipinski definition) is 4. The lowest BCUT2D eigenvalue weighted by Crippen LogP contribution is -2.51. The Bertz CT molecular complexity index is 419. The second-order valence-corrected chi connectivity index (χ2v) is 5.95. The van der Waals surface area contributed by atoms with E-state index in [4.69, 9.17) is 5.73 Å². The Labute approximate surface area is 118 Å². The molecule has 1 aliphatic rings. The maximum Gasteiger partial charge on any atom is 0.231 e. The van der Waals surface area contributed by atoms with Gasteiger partial charge in [0, 0.05) is 10.9 Å². The number of nitrogens with one attached hydrogen (secondary N) is 1. The average molecular weight is 290 g/mol. The van der Waals surface area contributed by atoms with Gasteiger partial charge in [-0.2, -0.15) is 0 Å². The van der Waals surface area contributed by atoms with Crippen molar-refractivity contribution < 1.29 is 4.79 Å². The molecule has 18 heavy (non-hydrogen) atoms. The van der Waals surface area contributed by atoms with Gasteiger partial charge in [0.05, 0.1) is 11.6 Å². The van der Waals surface area contributed by atoms with Gasteiger partial charge in [0.25, 0.3) is 0 Å². The summed E-state index contributed by atoms with van der Waals surface area (Å²) in [6.07, 6.45) is 4.00. The van der Waals surface area contributed by atoms with Crippen molar-refractivity contribution in [2.45, 2.75) is 45.1 Å². The zero-order valence-electron chi connectivity index (χ0n) is 10.7. The molecule has 4 nitrogen and oxygen atoms in total. The molecule has 0 saturated heterocycles. The van der Waals surface area contributed by atoms with E-state index in [1.807, 2.05) is 19.2 Å². The zero-order valence-corrected chi connectivity index (χ0v) is 12.4. The molecule has 0 aromatic carbocycles. The molecular formula is C12H20ClN3OS. The van der Waals surface area contributed by atoms with Crippen molar-refractivity contribution in [3.8, 4) is 0 Å². The summed E-state index contributed by atoms with van der Waals surface area (Å²) >= 11 is 1.46. The number of nitrogens with two attached hydrogens (primary N) is 1. The molecule has 102 valence electrons. The number of carbonyl (C=O) groups is 1. The van der Waals surface area contributed by atoms with Crippen LogP contribution in [-0.2, 0) is 4.79 Å². The largest absolute Gasteiger partial charge is 0.325 e. The number of hydrogen-bond donors (Lipinski definition) is 2. The number of nitrogens with zero attached hydrogens (tertiary/aromatic N) is 1. The van der Waals surface area contributed by atoms with Gasteiger partial charge in [-0.3, -0.25) is 4.79 Å². The lowest BCUT2D eigenvalue weighted by Gasteiger charge is -2.36. The Hall–Kier alpha value is -0.650. The summed E-state index contributed by atoms with van der Waals surface area (Å²) in [5.74, 6) is -0.0792. The Morgan fingerprint density at radius 3 is 2.89 bits per heavy atom. The molecule has 1 aromatic rings. The molecule has 0 aliphatic heterocycles. The first-order chi connectivity index (χ1) is 7.99. The fraction of sp³-hybridized carbons (Fsp3) is 0.667. The van der Waals surface area contributed by atoms with Gasteiger partial charge in [0.1, 0.15) is 0 Å². The first kappa shape index (κ1) is 15.4. The minimum absolute atomic E-state index is 0. The normalized spacial score (nSPS) is 27.4. The Morgan fingerprint density at radius 2 is 2.33 bits per heavy atom. The first-order valence-corrected chi connectivity index (χ1v) is 6.89. The van der Waals surface area contributed by atoms with E-state index in [0.717, 1.165) is 31.4 Å². The number of carbonyl (C=O) groups excluding carboxylic acids is 1. The highest BCUT2D eigenvalue weighted by Crippen LogP contribution is 2.32. The van der Waals surface area contributed by atoms with Crippen molar-refractivity contribution in [1.29, 1.82) is 0 Å². The smallest absolute Gasteiger partial charge is 0.231 e. The van der Waals surface area contributed by atoms with E-state index in [0.29, 0.717) is 5.13 Å². The van der Waals surface area contributed by atoms with Crippen molar-refractivity contribution >= 4 is 34.8 Å². The maximum atomic E-state index is 12.2. The average Bonchev–Trinajstić information content (AvgIpc) is 2.63. The SMILES string of the molecule is Cc1csc(NC(=O)C2CCCCC2(C)N)n1.Cl. The number of aromatic nitrogens is 1. The van der Waals surface area contributed by atoms with E-state index >= 15 is 0 Å². The van der Waals surface area contributed by atoms with E-state index in [1.54, 1.807) is 0 Å². The summed E-state index contributed by atoms with van der Waals surface area (Å²) in [7, 11) is 0. The van der Waals surface area contributed by atoms with E-state index in [2.05, 4.69) is 10.3 Å². The molecule has 1 aromatic heterocycles. The van der Waals surface area contributed by atoms with Crippen LogP contribution in [0.15, 0.2) is 5.38 Å². The van der Waals surface area contributed by atoms with Crippen molar-refractivity contribution in [3.05, 3.63) is 11.1 Å². The lowest BCUT2D eigenvalue weighted by molar-refractivity contribution is -0.122. The summed E-state index contributed by atoms with van der Waals surface area (Å²) in [5.41, 5.74) is 6.76. The Morgan fingerprint density at radius 1 is 1.61 bits per heavy atom. The summed E-state index contributed by atoms with van der Waals surface area (Å²) in [6.45, 7) is 3.89. The van der Waals surface area contributed by atoms with Gasteiger partial charge in [0.2, 0.25) is 5.91 Å². The summed E-state index contributed by atoms with van der Waals surface area (Å²) in [6, 6.07) is 0. The van der Waals surface area contributed by atoms with Gasteiger partial charge >= 0.3 is 0 Å². The zero-order chi connectivity index (χ0) is 12.5. The van der Waals surface area contributed by atoms with Crippen molar-refractivity contribution in [2.24, 2.45) is 11.7 Å². The highest BCUT2D eigenvalue weighted by atomic mass is 35.5. The Kier molecular flexibility index (Phi) is 5.13. The van der Waals surface area contributed by atoms with Crippen LogP contribution in [-0.4, -0.2) is 16.4 Å². The highest BCUT2D eigenvalue weighted by Gasteiger charge is 2.37. The van der Waals surface area contributed by atoms with Crippen molar-refractivity contribution in [3.63, 3.8) is 0 Å². The van der Waals surface area contributed by atoms with Gasteiger partial charge in [0.15, 0.2) is 5.13 Å². The number of anilines is 1. The van der Waals surface area contributed by atoms with Crippen LogP contribution in [0.5, 0.6) is 0 Å². The van der Waals surface area contributed by atoms with Gasteiger partial charge in [-0.25, -0.2) is 4.98 Å². The third-order valence-corrected chi connectivity index (χ3v) is 4.30. The molecule has 0 radical (unpaired) electrons. The predicted octanol–water partition coefficient (Wildman–Crippen LogP) is 2.72. The molecule has 2 rings (SSSR count). The Balaban J connectivity index is 0.00000162. The van der Waals surface area contributed by atoms with E-state index < -0.39 is 0 Å². The monoisotopic (exact) mass is 289 g/mol. The molecule has 1 saturated carbocycles. The molecule has 1 amide bonds. The lowest BCUT2D eigenvalue weighted by atomic mass is 9.74. The van der Waals surface area contributed by atoms with Crippen molar-refractivity contribution in [2.75, 3.05) is 5.32 Å². The number of amides is 1. The van der Waals surface area contributed by atoms with E-state index in [-0.39, 0.29) is 29.8 Å². The second-order valence-electron chi connectivity index (χ2n) is 5.09. The molecule has 2 atom stereocenters. The fourth-order valence-electron chi connectivity index (χ4n) is 2.39. The molecule has 3 N–H and O–H groups in total. The summed E-state index contributed by atoms with van der Waals surface area (Å²) in [5, 5.41) is 5.48. The van der Waals surface area contributed by atoms with E-state index in [1.165, 1.54) is 11.3 Å². The minimum atomic E-state index is -0.380. The summed E-state index contributed by atoms with van der Waals surface area (Å²) < 4.78 is 0. The number of halogens is 1. The van der Waals surface area contributed by atoms with Gasteiger partial charge < -0.3 is 11.1 Å². The van der Waals surface area contributed by atoms with Crippen LogP contribution in [0, 0.1) is 12.8 Å². The predicted molar refractivity (Wildman–Crippen MR) is 77.3 cm³/mol. The van der Waals surface area contributed by atoms with Crippen LogP contribution in [0.2, 0.25) is 0 Å². The quantitative estimate of drug-likeness (QED) is 0.879. The minimum Gasteiger partial charge on any atom is -0.325 e. The standard InChI is InChI=1S/C12H19N3OS.ClH/c1-8-7-17-11(14-8)15-10(16)9-5-3-4-6-12(9,2)13;/h7,9H,3-6,13H2,1-2H3,(H,14,15,16);1H. The van der Waals surface area contributed by atoms with Crippen molar-refractivity contribution in [1.82, 2.24) is 4.98 Å². The highest BCUT2D eigenvalue weighted by molar-refractivity contribution is 7.13. The fourth-order valence-corrected chi connectivity index (χ4v) is 3.08. The van der Waals surface area contributed by atoms with Crippen LogP contribution in [0.1, 0.15) is 38.3 Å². The van der Waals surface area contributed by atoms with Gasteiger partial charge in [-0.15, -0.1) is 23.7 Å². The molecule has 0 spiro atoms. The summed E-state index contributed by atoms with van der Waals surface area (Å²) in [4.78, 5) is 16.4. The third-order valence-electron chi connectivity index (χ3n) is 3.42. The maximum absolute atomic E-state index is 12.2. The molecular weight excluding hydrogens is 270 g/mol. The number of thiazole rings is 1. The molecule has 1 aliphatic carbocycles. The molecule has 6 heteroatoms. The van der Waals surface area contributed by atoms with Gasteiger partial charge in [-0.05, 0) is 26.7 Å². The number of aryl methyl sites for hydroxylation is 1. The molecule has 1 fully saturated rings. The van der Waals surface area contributed by atoms with Crippen LogP contribution in [0.3, 0.4) is 0 Å². The van der Waals surface area contributed by atoms with E-state index in [9.17, 15) is 4.79 Å². The number of rotatable bonds is 2. The van der Waals surface area contributed by atoms with Crippen LogP contribution in [0.4, 0.5) is 5.13 Å². The van der Waals surface area contributed by atoms with Crippen LogP contribution >= 0.6 is 23.7 Å². The molecule has 1 heterocycles. The molecule has 0 bridgehead atoms. The van der Waals surface area contributed by atoms with Gasteiger partial charge in [-0.1, -0.05) is 12.8 Å². The second kappa shape index (κ2) is 5.99. The van der Waals surface area contributed by atoms with Crippen LogP contribution < -0.4 is 11.1 Å². The first-order valence-electron chi connectivity index (χ1n) is 6.01. The topological polar surface area (TPSA) is 68.0 Å². The van der Waals surface area contributed by atoms with Crippen LogP contribution in [0.25, 0.3) is 0 Å².